The number of nitrogen functional groups attached to an aromatic ring is 1. The highest BCUT2D eigenvalue weighted by Crippen LogP contribution is 2.68. The Morgan fingerprint density at radius 3 is 2.70 bits per heavy atom. The summed E-state index contributed by atoms with van der Waals surface area (Å²) >= 11 is 0. The predicted molar refractivity (Wildman–Crippen MR) is 173 cm³/mol. The molecule has 4 saturated carbocycles. The Morgan fingerprint density at radius 1 is 1.17 bits per heavy atom. The molecule has 1 saturated heterocycles. The van der Waals surface area contributed by atoms with E-state index in [1.54, 1.807) is 0 Å². The molecule has 2 unspecified atom stereocenters. The summed E-state index contributed by atoms with van der Waals surface area (Å²) < 4.78 is 27.5. The molecule has 0 aromatic carbocycles. The molecule has 7 rings (SSSR count). The van der Waals surface area contributed by atoms with Crippen molar-refractivity contribution >= 4 is 23.0 Å². The van der Waals surface area contributed by atoms with Crippen molar-refractivity contribution in [2.75, 3.05) is 12.3 Å². The SMILES string of the molecule is C#C[C@]1(CO)O[C@@H](n2cnc3c(N)nc(F)nc32)C[C@@H]1OC(=O)CC[C@@H](C)[C@H]1CCC2[C@@H]3CC[C@@H]4C[C@H](O)CC[C@]4(C)C3CC[C@@]21C. The van der Waals surface area contributed by atoms with Gasteiger partial charge < -0.3 is 25.4 Å². The number of imidazole rings is 1. The first-order valence-electron chi connectivity index (χ1n) is 17.7. The molecule has 12 atom stereocenters. The van der Waals surface area contributed by atoms with Gasteiger partial charge in [-0.25, -0.2) is 4.98 Å². The van der Waals surface area contributed by atoms with Gasteiger partial charge in [-0.15, -0.1) is 6.42 Å². The van der Waals surface area contributed by atoms with E-state index < -0.39 is 30.6 Å². The smallest absolute Gasteiger partial charge is 0.312 e. The van der Waals surface area contributed by atoms with Gasteiger partial charge in [0.05, 0.1) is 19.0 Å². The van der Waals surface area contributed by atoms with Crippen molar-refractivity contribution < 1.29 is 28.9 Å². The summed E-state index contributed by atoms with van der Waals surface area (Å²) in [6, 6.07) is 0. The summed E-state index contributed by atoms with van der Waals surface area (Å²) in [6.45, 7) is 6.80. The first-order chi connectivity index (χ1) is 22.4. The molecule has 256 valence electrons. The molecule has 0 amide bonds. The number of nitrogens with zero attached hydrogens (tertiary/aromatic N) is 4. The molecular weight excluding hydrogens is 601 g/mol. The summed E-state index contributed by atoms with van der Waals surface area (Å²) in [6.07, 6.45) is 16.1. The summed E-state index contributed by atoms with van der Waals surface area (Å²) in [4.78, 5) is 24.9. The van der Waals surface area contributed by atoms with Crippen LogP contribution in [0.2, 0.25) is 0 Å². The van der Waals surface area contributed by atoms with E-state index in [2.05, 4.69) is 41.6 Å². The molecule has 4 N–H and O–H groups in total. The number of carbonyl (C=O) groups is 1. The Kier molecular flexibility index (Phi) is 8.32. The molecule has 2 aromatic heterocycles. The van der Waals surface area contributed by atoms with Crippen LogP contribution in [-0.4, -0.2) is 60.1 Å². The monoisotopic (exact) mass is 651 g/mol. The van der Waals surface area contributed by atoms with Gasteiger partial charge in [-0.3, -0.25) is 9.36 Å². The van der Waals surface area contributed by atoms with Crippen LogP contribution in [0.5, 0.6) is 0 Å². The average molecular weight is 652 g/mol. The number of hydrogen-bond acceptors (Lipinski definition) is 9. The van der Waals surface area contributed by atoms with Crippen molar-refractivity contribution in [3.8, 4) is 12.3 Å². The van der Waals surface area contributed by atoms with Crippen LogP contribution >= 0.6 is 0 Å². The lowest BCUT2D eigenvalue weighted by Gasteiger charge is -2.61. The average Bonchev–Trinajstić information content (AvgIpc) is 3.73. The summed E-state index contributed by atoms with van der Waals surface area (Å²) in [5, 5.41) is 20.7. The van der Waals surface area contributed by atoms with Crippen molar-refractivity contribution in [2.24, 2.45) is 46.3 Å². The maximum atomic E-state index is 14.0. The molecule has 0 bridgehead atoms. The van der Waals surface area contributed by atoms with E-state index in [0.29, 0.717) is 23.2 Å². The highest BCUT2D eigenvalue weighted by molar-refractivity contribution is 5.81. The third-order valence-electron chi connectivity index (χ3n) is 14.0. The van der Waals surface area contributed by atoms with Gasteiger partial charge in [-0.1, -0.05) is 26.7 Å². The van der Waals surface area contributed by atoms with Crippen molar-refractivity contribution in [3.05, 3.63) is 12.4 Å². The topological polar surface area (TPSA) is 146 Å². The van der Waals surface area contributed by atoms with Crippen molar-refractivity contribution in [1.82, 2.24) is 19.5 Å². The summed E-state index contributed by atoms with van der Waals surface area (Å²) in [5.41, 5.74) is 5.25. The lowest BCUT2D eigenvalue weighted by molar-refractivity contribution is -0.159. The Bertz CT molecular complexity index is 1560. The zero-order chi connectivity index (χ0) is 33.3. The second-order valence-corrected chi connectivity index (χ2v) is 16.0. The Morgan fingerprint density at radius 2 is 1.94 bits per heavy atom. The zero-order valence-electron chi connectivity index (χ0n) is 27.9. The molecule has 5 fully saturated rings. The largest absolute Gasteiger partial charge is 0.458 e. The highest BCUT2D eigenvalue weighted by atomic mass is 19.1. The number of carbonyl (C=O) groups excluding carboxylic acids is 1. The van der Waals surface area contributed by atoms with E-state index in [1.165, 1.54) is 49.4 Å². The van der Waals surface area contributed by atoms with E-state index in [4.69, 9.17) is 21.6 Å². The third-order valence-corrected chi connectivity index (χ3v) is 14.0. The van der Waals surface area contributed by atoms with Crippen LogP contribution in [0, 0.1) is 64.8 Å². The van der Waals surface area contributed by atoms with Crippen molar-refractivity contribution in [2.45, 2.75) is 122 Å². The van der Waals surface area contributed by atoms with Crippen LogP contribution in [-0.2, 0) is 14.3 Å². The molecule has 4 aliphatic carbocycles. The lowest BCUT2D eigenvalue weighted by atomic mass is 9.44. The quantitative estimate of drug-likeness (QED) is 0.210. The van der Waals surface area contributed by atoms with Crippen LogP contribution in [0.3, 0.4) is 0 Å². The number of terminal acetylenes is 1. The molecule has 10 nitrogen and oxygen atoms in total. The van der Waals surface area contributed by atoms with Gasteiger partial charge >= 0.3 is 12.0 Å². The van der Waals surface area contributed by atoms with Crippen LogP contribution < -0.4 is 5.73 Å². The predicted octanol–water partition coefficient (Wildman–Crippen LogP) is 5.18. The van der Waals surface area contributed by atoms with Gasteiger partial charge in [0.1, 0.15) is 12.3 Å². The molecule has 2 aromatic rings. The number of anilines is 1. The molecule has 47 heavy (non-hydrogen) atoms. The third kappa shape index (κ3) is 5.25. The van der Waals surface area contributed by atoms with E-state index in [1.807, 2.05) is 0 Å². The number of nitrogens with two attached hydrogens (primary N) is 1. The number of halogens is 1. The minimum Gasteiger partial charge on any atom is -0.458 e. The number of aliphatic hydroxyl groups is 2. The van der Waals surface area contributed by atoms with Crippen LogP contribution in [0.25, 0.3) is 11.2 Å². The van der Waals surface area contributed by atoms with Crippen LogP contribution in [0.1, 0.15) is 104 Å². The summed E-state index contributed by atoms with van der Waals surface area (Å²) in [5.74, 6) is 5.88. The number of aliphatic hydroxyl groups excluding tert-OH is 2. The van der Waals surface area contributed by atoms with E-state index >= 15 is 0 Å². The van der Waals surface area contributed by atoms with E-state index in [0.717, 1.165) is 43.4 Å². The molecule has 1 aliphatic heterocycles. The number of aromatic nitrogens is 4. The number of ether oxygens (including phenoxy) is 2. The highest BCUT2D eigenvalue weighted by Gasteiger charge is 2.60. The van der Waals surface area contributed by atoms with E-state index in [9.17, 15) is 19.4 Å². The standard InChI is InChI=1S/C36H50FN5O5/c1-5-36(18-43)27(17-28(47-36)42-19-39-30-31(38)40-33(37)41-32(30)42)46-29(45)11-6-20(2)24-9-10-25-23-8-7-21-16-22(44)12-14-34(21,3)26(23)13-15-35(24,25)4/h1,19-28,43-44H,6-18H2,2-4H3,(H2,38,40,41)/t20-,21-,22-,23+,24-,25?,26?,27+,28-,34+,35-,36-/m1/s1. The van der Waals surface area contributed by atoms with Crippen LogP contribution in [0.15, 0.2) is 6.33 Å². The number of rotatable bonds is 7. The van der Waals surface area contributed by atoms with Gasteiger partial charge in [-0.2, -0.15) is 14.4 Å². The Hall–Kier alpha value is -2.81. The molecule has 3 heterocycles. The van der Waals surface area contributed by atoms with Crippen molar-refractivity contribution in [3.63, 3.8) is 0 Å². The maximum Gasteiger partial charge on any atom is 0.312 e. The van der Waals surface area contributed by atoms with E-state index in [-0.39, 0.29) is 47.3 Å². The van der Waals surface area contributed by atoms with Gasteiger partial charge in [0.15, 0.2) is 22.6 Å². The Balaban J connectivity index is 0.989. The molecule has 0 radical (unpaired) electrons. The van der Waals surface area contributed by atoms with Crippen molar-refractivity contribution in [1.29, 1.82) is 0 Å². The first-order valence-corrected chi connectivity index (χ1v) is 17.7. The van der Waals surface area contributed by atoms with Crippen LogP contribution in [0.4, 0.5) is 10.2 Å². The van der Waals surface area contributed by atoms with Gasteiger partial charge in [-0.05, 0) is 111 Å². The maximum absolute atomic E-state index is 14.0. The fourth-order valence-corrected chi connectivity index (χ4v) is 11.5. The van der Waals surface area contributed by atoms with Gasteiger partial charge in [0, 0.05) is 12.8 Å². The fraction of sp³-hybridized carbons (Fsp3) is 0.778. The lowest BCUT2D eigenvalue weighted by Crippen LogP contribution is -2.54. The second-order valence-electron chi connectivity index (χ2n) is 16.0. The molecule has 0 spiro atoms. The number of fused-ring (bicyclic) bond motifs is 6. The number of esters is 1. The fourth-order valence-electron chi connectivity index (χ4n) is 11.5. The first kappa shape index (κ1) is 32.7. The summed E-state index contributed by atoms with van der Waals surface area (Å²) in [7, 11) is 0. The van der Waals surface area contributed by atoms with Gasteiger partial charge in [0.25, 0.3) is 0 Å². The van der Waals surface area contributed by atoms with Gasteiger partial charge in [0.2, 0.25) is 0 Å². The molecular formula is C36H50FN5O5. The molecule has 11 heteroatoms. The zero-order valence-corrected chi connectivity index (χ0v) is 27.9. The Labute approximate surface area is 276 Å². The normalized spacial score (nSPS) is 41.9. The number of hydrogen-bond donors (Lipinski definition) is 3. The minimum atomic E-state index is -1.56. The molecule has 5 aliphatic rings. The second kappa shape index (κ2) is 12.0. The minimum absolute atomic E-state index is 0.103.